The number of piperidine rings is 1. The maximum absolute atomic E-state index is 12.7. The molecule has 1 aromatic carbocycles. The fourth-order valence-corrected chi connectivity index (χ4v) is 3.51. The van der Waals surface area contributed by atoms with Gasteiger partial charge in [0.05, 0.1) is 0 Å². The molecule has 102 valence electrons. The van der Waals surface area contributed by atoms with Gasteiger partial charge >= 0.3 is 0 Å². The zero-order valence-corrected chi connectivity index (χ0v) is 12.7. The van der Waals surface area contributed by atoms with Crippen molar-refractivity contribution in [3.05, 3.63) is 33.8 Å². The number of aryl methyl sites for hydroxylation is 1. The molecule has 19 heavy (non-hydrogen) atoms. The largest absolute Gasteiger partial charge is 0.334 e. The second-order valence-corrected chi connectivity index (χ2v) is 6.44. The number of nitrogens with one attached hydrogen (secondary N) is 1. The molecule has 0 radical (unpaired) electrons. The van der Waals surface area contributed by atoms with Crippen LogP contribution in [0.25, 0.3) is 0 Å². The van der Waals surface area contributed by atoms with Crippen LogP contribution in [0, 0.1) is 12.8 Å². The van der Waals surface area contributed by atoms with Gasteiger partial charge in [-0.25, -0.2) is 0 Å². The van der Waals surface area contributed by atoms with Crippen LogP contribution in [0.4, 0.5) is 0 Å². The molecule has 2 unspecified atom stereocenters. The Kier molecular flexibility index (Phi) is 3.63. The molecule has 0 bridgehead atoms. The predicted molar refractivity (Wildman–Crippen MR) is 79.3 cm³/mol. The van der Waals surface area contributed by atoms with Gasteiger partial charge < -0.3 is 10.2 Å². The molecular weight excluding hydrogens is 304 g/mol. The molecule has 3 nitrogen and oxygen atoms in total. The summed E-state index contributed by atoms with van der Waals surface area (Å²) in [5, 5.41) is 3.42. The van der Waals surface area contributed by atoms with Crippen molar-refractivity contribution in [3.63, 3.8) is 0 Å². The van der Waals surface area contributed by atoms with Gasteiger partial charge in [-0.2, -0.15) is 0 Å². The molecule has 3 rings (SSSR count). The van der Waals surface area contributed by atoms with Gasteiger partial charge in [0, 0.05) is 35.7 Å². The molecule has 2 atom stereocenters. The van der Waals surface area contributed by atoms with Crippen molar-refractivity contribution in [1.82, 2.24) is 10.2 Å². The van der Waals surface area contributed by atoms with Crippen LogP contribution in [0.5, 0.6) is 0 Å². The van der Waals surface area contributed by atoms with E-state index in [0.29, 0.717) is 12.0 Å². The average molecular weight is 323 g/mol. The standard InChI is InChI=1S/C15H19BrN2O/c1-10-7-11(4-5-13(10)16)15(19)18-6-2-3-12-8-17-9-14(12)18/h4-5,7,12,14,17H,2-3,6,8-9H2,1H3. The van der Waals surface area contributed by atoms with E-state index >= 15 is 0 Å². The van der Waals surface area contributed by atoms with E-state index in [-0.39, 0.29) is 5.91 Å². The topological polar surface area (TPSA) is 32.3 Å². The molecule has 1 N–H and O–H groups in total. The quantitative estimate of drug-likeness (QED) is 0.862. The zero-order chi connectivity index (χ0) is 13.4. The van der Waals surface area contributed by atoms with Crippen molar-refractivity contribution >= 4 is 21.8 Å². The normalized spacial score (nSPS) is 26.3. The van der Waals surface area contributed by atoms with Gasteiger partial charge in [0.2, 0.25) is 0 Å². The van der Waals surface area contributed by atoms with Crippen molar-refractivity contribution in [2.45, 2.75) is 25.8 Å². The van der Waals surface area contributed by atoms with E-state index < -0.39 is 0 Å². The lowest BCUT2D eigenvalue weighted by molar-refractivity contribution is 0.0574. The Morgan fingerprint density at radius 2 is 2.26 bits per heavy atom. The summed E-state index contributed by atoms with van der Waals surface area (Å²) in [4.78, 5) is 14.8. The summed E-state index contributed by atoms with van der Waals surface area (Å²) in [5.74, 6) is 0.836. The van der Waals surface area contributed by atoms with Gasteiger partial charge in [0.25, 0.3) is 5.91 Å². The molecule has 0 aromatic heterocycles. The third-order valence-corrected chi connectivity index (χ3v) is 5.23. The van der Waals surface area contributed by atoms with E-state index in [1.54, 1.807) is 0 Å². The van der Waals surface area contributed by atoms with Crippen LogP contribution in [0.1, 0.15) is 28.8 Å². The predicted octanol–water partition coefficient (Wildman–Crippen LogP) is 2.58. The summed E-state index contributed by atoms with van der Waals surface area (Å²) in [6.07, 6.45) is 2.38. The van der Waals surface area contributed by atoms with Crippen molar-refractivity contribution in [1.29, 1.82) is 0 Å². The van der Waals surface area contributed by atoms with Crippen molar-refractivity contribution in [3.8, 4) is 0 Å². The van der Waals surface area contributed by atoms with E-state index in [4.69, 9.17) is 0 Å². The first-order valence-corrected chi connectivity index (χ1v) is 7.74. The van der Waals surface area contributed by atoms with Gasteiger partial charge in [0.15, 0.2) is 0 Å². The Morgan fingerprint density at radius 3 is 3.05 bits per heavy atom. The highest BCUT2D eigenvalue weighted by Gasteiger charge is 2.37. The molecule has 0 aliphatic carbocycles. The lowest BCUT2D eigenvalue weighted by Gasteiger charge is -2.37. The fraction of sp³-hybridized carbons (Fsp3) is 0.533. The van der Waals surface area contributed by atoms with Gasteiger partial charge in [-0.1, -0.05) is 15.9 Å². The first-order valence-electron chi connectivity index (χ1n) is 6.94. The molecule has 0 spiro atoms. The third kappa shape index (κ3) is 2.43. The highest BCUT2D eigenvalue weighted by molar-refractivity contribution is 9.10. The minimum atomic E-state index is 0.189. The van der Waals surface area contributed by atoms with E-state index in [1.165, 1.54) is 6.42 Å². The van der Waals surface area contributed by atoms with Crippen LogP contribution in [0.2, 0.25) is 0 Å². The fourth-order valence-electron chi connectivity index (χ4n) is 3.26. The molecule has 0 saturated carbocycles. The third-order valence-electron chi connectivity index (χ3n) is 4.34. The molecular formula is C15H19BrN2O. The monoisotopic (exact) mass is 322 g/mol. The number of hydrogen-bond donors (Lipinski definition) is 1. The number of likely N-dealkylation sites (tertiary alicyclic amines) is 1. The summed E-state index contributed by atoms with van der Waals surface area (Å²) in [6.45, 7) is 4.94. The lowest BCUT2D eigenvalue weighted by Crippen LogP contribution is -2.48. The second-order valence-electron chi connectivity index (χ2n) is 5.59. The summed E-state index contributed by atoms with van der Waals surface area (Å²) in [6, 6.07) is 6.27. The van der Waals surface area contributed by atoms with E-state index in [2.05, 4.69) is 26.1 Å². The zero-order valence-electron chi connectivity index (χ0n) is 11.2. The van der Waals surface area contributed by atoms with Gasteiger partial charge in [-0.05, 0) is 49.4 Å². The van der Waals surface area contributed by atoms with Crippen LogP contribution in [0.15, 0.2) is 22.7 Å². The Morgan fingerprint density at radius 1 is 1.42 bits per heavy atom. The van der Waals surface area contributed by atoms with Crippen LogP contribution >= 0.6 is 15.9 Å². The SMILES string of the molecule is Cc1cc(C(=O)N2CCCC3CNCC32)ccc1Br. The van der Waals surface area contributed by atoms with Gasteiger partial charge in [-0.3, -0.25) is 4.79 Å². The second kappa shape index (κ2) is 5.25. The van der Waals surface area contributed by atoms with E-state index in [0.717, 1.165) is 41.7 Å². The first-order chi connectivity index (χ1) is 9.16. The summed E-state index contributed by atoms with van der Waals surface area (Å²) >= 11 is 3.48. The molecule has 2 saturated heterocycles. The van der Waals surface area contributed by atoms with Crippen LogP contribution < -0.4 is 5.32 Å². The van der Waals surface area contributed by atoms with Crippen LogP contribution in [-0.4, -0.2) is 36.5 Å². The molecule has 2 heterocycles. The van der Waals surface area contributed by atoms with Crippen molar-refractivity contribution in [2.75, 3.05) is 19.6 Å². The summed E-state index contributed by atoms with van der Waals surface area (Å²) < 4.78 is 1.06. The number of benzene rings is 1. The Balaban J connectivity index is 1.84. The van der Waals surface area contributed by atoms with E-state index in [9.17, 15) is 4.79 Å². The first kappa shape index (κ1) is 13.1. The molecule has 2 aliphatic rings. The maximum Gasteiger partial charge on any atom is 0.254 e. The number of halogens is 1. The molecule has 1 amide bonds. The van der Waals surface area contributed by atoms with Crippen molar-refractivity contribution in [2.24, 2.45) is 5.92 Å². The molecule has 2 fully saturated rings. The number of fused-ring (bicyclic) bond motifs is 1. The number of carbonyl (C=O) groups excluding carboxylic acids is 1. The number of rotatable bonds is 1. The lowest BCUT2D eigenvalue weighted by atomic mass is 9.91. The van der Waals surface area contributed by atoms with Gasteiger partial charge in [0.1, 0.15) is 0 Å². The Hall–Kier alpha value is -0.870. The summed E-state index contributed by atoms with van der Waals surface area (Å²) in [7, 11) is 0. The summed E-state index contributed by atoms with van der Waals surface area (Å²) in [5.41, 5.74) is 1.93. The van der Waals surface area contributed by atoms with Gasteiger partial charge in [-0.15, -0.1) is 0 Å². The minimum absolute atomic E-state index is 0.189. The number of carbonyl (C=O) groups is 1. The highest BCUT2D eigenvalue weighted by Crippen LogP contribution is 2.28. The Labute approximate surface area is 122 Å². The minimum Gasteiger partial charge on any atom is -0.334 e. The molecule has 4 heteroatoms. The Bertz CT molecular complexity index is 503. The average Bonchev–Trinajstić information content (AvgIpc) is 2.89. The van der Waals surface area contributed by atoms with Crippen LogP contribution in [-0.2, 0) is 0 Å². The smallest absolute Gasteiger partial charge is 0.254 e. The highest BCUT2D eigenvalue weighted by atomic mass is 79.9. The number of amides is 1. The van der Waals surface area contributed by atoms with E-state index in [1.807, 2.05) is 25.1 Å². The number of nitrogens with zero attached hydrogens (tertiary/aromatic N) is 1. The molecule has 2 aliphatic heterocycles. The number of hydrogen-bond acceptors (Lipinski definition) is 2. The van der Waals surface area contributed by atoms with Crippen LogP contribution in [0.3, 0.4) is 0 Å². The van der Waals surface area contributed by atoms with Crippen molar-refractivity contribution < 1.29 is 4.79 Å². The molecule has 1 aromatic rings. The maximum atomic E-state index is 12.7.